The SMILES string of the molecule is COc1cc(C)c2c(=O)cc(Nc3ccccc3)n(-c3ccccc3)c2n1. The molecule has 2 heterocycles. The van der Waals surface area contributed by atoms with Crippen molar-refractivity contribution in [2.45, 2.75) is 6.92 Å². The third-order valence-electron chi connectivity index (χ3n) is 4.41. The van der Waals surface area contributed by atoms with Crippen LogP contribution in [0.3, 0.4) is 0 Å². The molecule has 0 fully saturated rings. The van der Waals surface area contributed by atoms with Crippen LogP contribution >= 0.6 is 0 Å². The van der Waals surface area contributed by atoms with Gasteiger partial charge in [0.2, 0.25) is 5.88 Å². The zero-order chi connectivity index (χ0) is 18.8. The summed E-state index contributed by atoms with van der Waals surface area (Å²) in [4.78, 5) is 17.5. The monoisotopic (exact) mass is 357 g/mol. The van der Waals surface area contributed by atoms with Gasteiger partial charge in [0.1, 0.15) is 5.82 Å². The van der Waals surface area contributed by atoms with Crippen LogP contribution in [0.5, 0.6) is 5.88 Å². The van der Waals surface area contributed by atoms with Crippen LogP contribution in [-0.2, 0) is 0 Å². The summed E-state index contributed by atoms with van der Waals surface area (Å²) in [7, 11) is 1.57. The zero-order valence-electron chi connectivity index (χ0n) is 15.1. The number of fused-ring (bicyclic) bond motifs is 1. The molecule has 0 spiro atoms. The van der Waals surface area contributed by atoms with E-state index in [9.17, 15) is 4.79 Å². The number of hydrogen-bond acceptors (Lipinski definition) is 4. The standard InChI is InChI=1S/C22H19N3O2/c1-15-13-20(27-2)24-22-21(15)18(26)14-19(23-16-9-5-3-6-10-16)25(22)17-11-7-4-8-12-17/h3-14,23H,1-2H3. The van der Waals surface area contributed by atoms with E-state index in [1.807, 2.05) is 72.2 Å². The van der Waals surface area contributed by atoms with Crippen molar-refractivity contribution in [1.29, 1.82) is 0 Å². The van der Waals surface area contributed by atoms with Crippen LogP contribution in [0, 0.1) is 6.92 Å². The molecule has 0 atom stereocenters. The van der Waals surface area contributed by atoms with E-state index in [0.717, 1.165) is 16.9 Å². The Bertz CT molecular complexity index is 1150. The summed E-state index contributed by atoms with van der Waals surface area (Å²) in [5, 5.41) is 3.92. The Hall–Kier alpha value is -3.60. The molecule has 2 aromatic heterocycles. The quantitative estimate of drug-likeness (QED) is 0.586. The maximum Gasteiger partial charge on any atom is 0.215 e. The van der Waals surface area contributed by atoms with Crippen LogP contribution in [0.1, 0.15) is 5.56 Å². The Morgan fingerprint density at radius 1 is 0.963 bits per heavy atom. The summed E-state index contributed by atoms with van der Waals surface area (Å²) in [6, 6.07) is 23.0. The summed E-state index contributed by atoms with van der Waals surface area (Å²) < 4.78 is 7.29. The minimum absolute atomic E-state index is 0.0803. The van der Waals surface area contributed by atoms with Gasteiger partial charge in [-0.15, -0.1) is 0 Å². The molecule has 0 radical (unpaired) electrons. The van der Waals surface area contributed by atoms with E-state index in [4.69, 9.17) is 4.74 Å². The Kier molecular flexibility index (Phi) is 4.34. The van der Waals surface area contributed by atoms with Crippen LogP contribution in [0.4, 0.5) is 11.5 Å². The number of benzene rings is 2. The molecule has 0 amide bonds. The Morgan fingerprint density at radius 2 is 1.63 bits per heavy atom. The highest BCUT2D eigenvalue weighted by Crippen LogP contribution is 2.27. The molecule has 1 N–H and O–H groups in total. The lowest BCUT2D eigenvalue weighted by Crippen LogP contribution is -2.14. The molecular weight excluding hydrogens is 338 g/mol. The van der Waals surface area contributed by atoms with Gasteiger partial charge >= 0.3 is 0 Å². The van der Waals surface area contributed by atoms with E-state index >= 15 is 0 Å². The number of nitrogens with zero attached hydrogens (tertiary/aromatic N) is 2. The lowest BCUT2D eigenvalue weighted by molar-refractivity contribution is 0.399. The predicted molar refractivity (Wildman–Crippen MR) is 108 cm³/mol. The molecule has 5 heteroatoms. The van der Waals surface area contributed by atoms with E-state index in [0.29, 0.717) is 22.7 Å². The molecule has 0 saturated carbocycles. The van der Waals surface area contributed by atoms with Gasteiger partial charge in [0.25, 0.3) is 0 Å². The fourth-order valence-corrected chi connectivity index (χ4v) is 3.17. The molecule has 0 unspecified atom stereocenters. The number of rotatable bonds is 4. The second-order valence-electron chi connectivity index (χ2n) is 6.24. The first-order chi connectivity index (χ1) is 13.2. The molecule has 0 bridgehead atoms. The number of methoxy groups -OCH3 is 1. The minimum Gasteiger partial charge on any atom is -0.481 e. The van der Waals surface area contributed by atoms with Crippen LogP contribution in [0.25, 0.3) is 16.7 Å². The summed E-state index contributed by atoms with van der Waals surface area (Å²) >= 11 is 0. The van der Waals surface area contributed by atoms with Crippen molar-refractivity contribution in [3.8, 4) is 11.6 Å². The van der Waals surface area contributed by atoms with E-state index in [2.05, 4.69) is 10.3 Å². The molecule has 27 heavy (non-hydrogen) atoms. The highest BCUT2D eigenvalue weighted by atomic mass is 16.5. The third-order valence-corrected chi connectivity index (χ3v) is 4.41. The maximum atomic E-state index is 12.9. The molecule has 0 aliphatic carbocycles. The molecule has 2 aromatic carbocycles. The second-order valence-corrected chi connectivity index (χ2v) is 6.24. The van der Waals surface area contributed by atoms with Gasteiger partial charge in [0, 0.05) is 23.5 Å². The summed E-state index contributed by atoms with van der Waals surface area (Å²) in [5.74, 6) is 1.12. The van der Waals surface area contributed by atoms with E-state index in [1.165, 1.54) is 0 Å². The van der Waals surface area contributed by atoms with Gasteiger partial charge in [-0.05, 0) is 36.8 Å². The van der Waals surface area contributed by atoms with Gasteiger partial charge in [-0.25, -0.2) is 0 Å². The van der Waals surface area contributed by atoms with E-state index in [-0.39, 0.29) is 5.43 Å². The number of hydrogen-bond donors (Lipinski definition) is 1. The topological polar surface area (TPSA) is 56.1 Å². The first kappa shape index (κ1) is 16.8. The highest BCUT2D eigenvalue weighted by molar-refractivity contribution is 5.84. The average molecular weight is 357 g/mol. The second kappa shape index (κ2) is 6.96. The lowest BCUT2D eigenvalue weighted by Gasteiger charge is -2.18. The number of anilines is 2. The van der Waals surface area contributed by atoms with Crippen molar-refractivity contribution in [2.75, 3.05) is 12.4 Å². The van der Waals surface area contributed by atoms with E-state index < -0.39 is 0 Å². The smallest absolute Gasteiger partial charge is 0.215 e. The molecular formula is C22H19N3O2. The lowest BCUT2D eigenvalue weighted by atomic mass is 10.1. The van der Waals surface area contributed by atoms with Gasteiger partial charge in [-0.2, -0.15) is 4.98 Å². The average Bonchev–Trinajstić information content (AvgIpc) is 2.69. The van der Waals surface area contributed by atoms with Gasteiger partial charge in [-0.3, -0.25) is 9.36 Å². The number of aromatic nitrogens is 2. The van der Waals surface area contributed by atoms with Crippen LogP contribution < -0.4 is 15.5 Å². The van der Waals surface area contributed by atoms with Crippen molar-refractivity contribution >= 4 is 22.5 Å². The van der Waals surface area contributed by atoms with Gasteiger partial charge in [-0.1, -0.05) is 36.4 Å². The van der Waals surface area contributed by atoms with Crippen molar-refractivity contribution < 1.29 is 4.74 Å². The maximum absolute atomic E-state index is 12.9. The predicted octanol–water partition coefficient (Wildman–Crippen LogP) is 4.45. The van der Waals surface area contributed by atoms with Gasteiger partial charge in [0.05, 0.1) is 12.5 Å². The van der Waals surface area contributed by atoms with Crippen molar-refractivity contribution in [3.63, 3.8) is 0 Å². The van der Waals surface area contributed by atoms with Crippen LogP contribution in [0.2, 0.25) is 0 Å². The molecule has 0 saturated heterocycles. The zero-order valence-corrected chi connectivity index (χ0v) is 15.1. The third kappa shape index (κ3) is 3.15. The Labute approximate surface area is 156 Å². The normalized spacial score (nSPS) is 10.7. The van der Waals surface area contributed by atoms with Gasteiger partial charge < -0.3 is 10.1 Å². The number of ether oxygens (including phenoxy) is 1. The molecule has 134 valence electrons. The number of pyridine rings is 2. The molecule has 4 aromatic rings. The first-order valence-corrected chi connectivity index (χ1v) is 8.66. The first-order valence-electron chi connectivity index (χ1n) is 8.66. The molecule has 0 aliphatic rings. The van der Waals surface area contributed by atoms with Crippen molar-refractivity contribution in [3.05, 3.63) is 88.6 Å². The van der Waals surface area contributed by atoms with Crippen molar-refractivity contribution in [1.82, 2.24) is 9.55 Å². The van der Waals surface area contributed by atoms with Crippen molar-refractivity contribution in [2.24, 2.45) is 0 Å². The van der Waals surface area contributed by atoms with Gasteiger partial charge in [0.15, 0.2) is 11.1 Å². The highest BCUT2D eigenvalue weighted by Gasteiger charge is 2.15. The Balaban J connectivity index is 2.06. The fraction of sp³-hybridized carbons (Fsp3) is 0.0909. The minimum atomic E-state index is -0.0803. The number of nitrogens with one attached hydrogen (secondary N) is 1. The number of aryl methyl sites for hydroxylation is 1. The molecule has 4 rings (SSSR count). The summed E-state index contributed by atoms with van der Waals surface area (Å²) in [6.07, 6.45) is 0. The Morgan fingerprint density at radius 3 is 2.30 bits per heavy atom. The summed E-state index contributed by atoms with van der Waals surface area (Å²) in [6.45, 7) is 1.90. The number of para-hydroxylation sites is 2. The largest absolute Gasteiger partial charge is 0.481 e. The summed E-state index contributed by atoms with van der Waals surface area (Å²) in [5.41, 5.74) is 3.10. The molecule has 0 aliphatic heterocycles. The molecule has 5 nitrogen and oxygen atoms in total. The van der Waals surface area contributed by atoms with E-state index in [1.54, 1.807) is 19.2 Å². The van der Waals surface area contributed by atoms with Crippen LogP contribution in [0.15, 0.2) is 77.6 Å². The van der Waals surface area contributed by atoms with Crippen LogP contribution in [-0.4, -0.2) is 16.7 Å². The fourth-order valence-electron chi connectivity index (χ4n) is 3.17.